The van der Waals surface area contributed by atoms with Crippen LogP contribution in [0.4, 0.5) is 14.9 Å². The highest BCUT2D eigenvalue weighted by Gasteiger charge is 2.10. The smallest absolute Gasteiger partial charge is 0.319 e. The summed E-state index contributed by atoms with van der Waals surface area (Å²) in [6.07, 6.45) is 2.98. The molecule has 1 heterocycles. The van der Waals surface area contributed by atoms with E-state index in [0.29, 0.717) is 23.7 Å². The van der Waals surface area contributed by atoms with E-state index in [1.807, 2.05) is 13.8 Å². The molecule has 1 unspecified atom stereocenters. The van der Waals surface area contributed by atoms with Gasteiger partial charge in [0.05, 0.1) is 24.2 Å². The van der Waals surface area contributed by atoms with Crippen molar-refractivity contribution in [2.45, 2.75) is 26.4 Å². The molecule has 0 aliphatic rings. The Kier molecular flexibility index (Phi) is 5.70. The van der Waals surface area contributed by atoms with Crippen molar-refractivity contribution < 1.29 is 14.3 Å². The van der Waals surface area contributed by atoms with E-state index in [2.05, 4.69) is 15.7 Å². The maximum absolute atomic E-state index is 13.7. The summed E-state index contributed by atoms with van der Waals surface area (Å²) in [6.45, 7) is 4.17. The van der Waals surface area contributed by atoms with Crippen molar-refractivity contribution in [3.8, 4) is 5.69 Å². The first kappa shape index (κ1) is 17.0. The second-order valence-electron chi connectivity index (χ2n) is 5.74. The molecule has 0 aliphatic heterocycles. The number of urea groups is 1. The number of nitrogens with zero attached hydrogens (tertiary/aromatic N) is 2. The summed E-state index contributed by atoms with van der Waals surface area (Å²) in [5.74, 6) is -0.0442. The van der Waals surface area contributed by atoms with Gasteiger partial charge in [-0.2, -0.15) is 5.10 Å². The Balaban J connectivity index is 1.89. The van der Waals surface area contributed by atoms with Crippen molar-refractivity contribution >= 4 is 11.7 Å². The summed E-state index contributed by atoms with van der Waals surface area (Å²) in [5, 5.41) is 18.9. The van der Waals surface area contributed by atoms with Crippen LogP contribution in [0.1, 0.15) is 20.3 Å². The SMILES string of the molecule is CC(C)CC(O)CNC(=O)Nc1cnn(-c2ccccc2F)c1. The molecule has 6 nitrogen and oxygen atoms in total. The van der Waals surface area contributed by atoms with Crippen molar-refractivity contribution in [1.29, 1.82) is 0 Å². The number of anilines is 1. The third kappa shape index (κ3) is 5.07. The van der Waals surface area contributed by atoms with Crippen LogP contribution < -0.4 is 10.6 Å². The van der Waals surface area contributed by atoms with Gasteiger partial charge in [-0.1, -0.05) is 26.0 Å². The number of para-hydroxylation sites is 1. The maximum Gasteiger partial charge on any atom is 0.319 e. The first-order chi connectivity index (χ1) is 11.0. The number of rotatable bonds is 6. The fourth-order valence-electron chi connectivity index (χ4n) is 2.17. The van der Waals surface area contributed by atoms with Gasteiger partial charge in [-0.05, 0) is 24.5 Å². The van der Waals surface area contributed by atoms with Crippen LogP contribution in [0, 0.1) is 11.7 Å². The summed E-state index contributed by atoms with van der Waals surface area (Å²) >= 11 is 0. The minimum absolute atomic E-state index is 0.172. The topological polar surface area (TPSA) is 79.2 Å². The normalized spacial score (nSPS) is 12.2. The molecular weight excluding hydrogens is 299 g/mol. The zero-order chi connectivity index (χ0) is 16.8. The van der Waals surface area contributed by atoms with Crippen molar-refractivity contribution in [1.82, 2.24) is 15.1 Å². The fourth-order valence-corrected chi connectivity index (χ4v) is 2.17. The number of nitrogens with one attached hydrogen (secondary N) is 2. The Bertz CT molecular complexity index is 657. The molecule has 2 amide bonds. The van der Waals surface area contributed by atoms with Crippen LogP contribution in [-0.4, -0.2) is 33.6 Å². The highest BCUT2D eigenvalue weighted by Crippen LogP contribution is 2.14. The van der Waals surface area contributed by atoms with Gasteiger partial charge in [0.15, 0.2) is 0 Å². The molecule has 0 aliphatic carbocycles. The molecule has 23 heavy (non-hydrogen) atoms. The third-order valence-corrected chi connectivity index (χ3v) is 3.18. The molecule has 7 heteroatoms. The lowest BCUT2D eigenvalue weighted by Gasteiger charge is -2.13. The largest absolute Gasteiger partial charge is 0.391 e. The van der Waals surface area contributed by atoms with Gasteiger partial charge in [0.25, 0.3) is 0 Å². The van der Waals surface area contributed by atoms with E-state index >= 15 is 0 Å². The van der Waals surface area contributed by atoms with Gasteiger partial charge in [0, 0.05) is 6.54 Å². The van der Waals surface area contributed by atoms with Crippen LogP contribution in [-0.2, 0) is 0 Å². The number of hydrogen-bond donors (Lipinski definition) is 3. The molecule has 0 bridgehead atoms. The molecule has 3 N–H and O–H groups in total. The molecule has 0 radical (unpaired) electrons. The molecule has 0 spiro atoms. The number of carbonyl (C=O) groups is 1. The molecule has 1 atom stereocenters. The number of carbonyl (C=O) groups excluding carboxylic acids is 1. The van der Waals surface area contributed by atoms with Gasteiger partial charge >= 0.3 is 6.03 Å². The van der Waals surface area contributed by atoms with Crippen LogP contribution in [0.3, 0.4) is 0 Å². The van der Waals surface area contributed by atoms with E-state index in [1.165, 1.54) is 23.1 Å². The summed E-state index contributed by atoms with van der Waals surface area (Å²) in [6, 6.07) is 5.79. The second-order valence-corrected chi connectivity index (χ2v) is 5.74. The number of hydrogen-bond acceptors (Lipinski definition) is 3. The van der Waals surface area contributed by atoms with Crippen molar-refractivity contribution in [2.24, 2.45) is 5.92 Å². The molecule has 0 saturated heterocycles. The monoisotopic (exact) mass is 320 g/mol. The van der Waals surface area contributed by atoms with E-state index in [0.717, 1.165) is 0 Å². The number of amides is 2. The molecule has 124 valence electrons. The van der Waals surface area contributed by atoms with E-state index in [1.54, 1.807) is 18.2 Å². The lowest BCUT2D eigenvalue weighted by molar-refractivity contribution is 0.148. The Hall–Kier alpha value is -2.41. The summed E-state index contributed by atoms with van der Waals surface area (Å²) in [7, 11) is 0. The standard InChI is InChI=1S/C16H21FN4O2/c1-11(2)7-13(22)9-18-16(23)20-12-8-19-21(10-12)15-6-4-3-5-14(15)17/h3-6,8,10-11,13,22H,7,9H2,1-2H3,(H2,18,20,23). The Labute approximate surface area is 134 Å². The van der Waals surface area contributed by atoms with Gasteiger partial charge in [0.2, 0.25) is 0 Å². The lowest BCUT2D eigenvalue weighted by Crippen LogP contribution is -2.35. The Morgan fingerprint density at radius 3 is 2.83 bits per heavy atom. The van der Waals surface area contributed by atoms with E-state index in [-0.39, 0.29) is 6.54 Å². The molecule has 2 aromatic rings. The van der Waals surface area contributed by atoms with Crippen LogP contribution in [0.5, 0.6) is 0 Å². The maximum atomic E-state index is 13.7. The van der Waals surface area contributed by atoms with Crippen LogP contribution in [0.25, 0.3) is 5.69 Å². The highest BCUT2D eigenvalue weighted by atomic mass is 19.1. The molecule has 0 fully saturated rings. The summed E-state index contributed by atoms with van der Waals surface area (Å²) < 4.78 is 15.0. The van der Waals surface area contributed by atoms with Crippen molar-refractivity contribution in [3.63, 3.8) is 0 Å². The van der Waals surface area contributed by atoms with E-state index < -0.39 is 18.0 Å². The number of halogens is 1. The number of aliphatic hydroxyl groups excluding tert-OH is 1. The Morgan fingerprint density at radius 2 is 2.13 bits per heavy atom. The average Bonchev–Trinajstić information content (AvgIpc) is 2.93. The third-order valence-electron chi connectivity index (χ3n) is 3.18. The van der Waals surface area contributed by atoms with Crippen molar-refractivity contribution in [2.75, 3.05) is 11.9 Å². The predicted molar refractivity (Wildman–Crippen MR) is 86.0 cm³/mol. The van der Waals surface area contributed by atoms with Gasteiger partial charge in [-0.25, -0.2) is 13.9 Å². The van der Waals surface area contributed by atoms with E-state index in [4.69, 9.17) is 0 Å². The second kappa shape index (κ2) is 7.73. The first-order valence-electron chi connectivity index (χ1n) is 7.48. The summed E-state index contributed by atoms with van der Waals surface area (Å²) in [5.41, 5.74) is 0.734. The lowest BCUT2D eigenvalue weighted by atomic mass is 10.1. The van der Waals surface area contributed by atoms with Crippen LogP contribution >= 0.6 is 0 Å². The van der Waals surface area contributed by atoms with Gasteiger partial charge < -0.3 is 15.7 Å². The highest BCUT2D eigenvalue weighted by molar-refractivity contribution is 5.88. The quantitative estimate of drug-likeness (QED) is 0.765. The first-order valence-corrected chi connectivity index (χ1v) is 7.48. The van der Waals surface area contributed by atoms with Crippen molar-refractivity contribution in [3.05, 3.63) is 42.5 Å². The average molecular weight is 320 g/mol. The zero-order valence-electron chi connectivity index (χ0n) is 13.2. The van der Waals surface area contributed by atoms with E-state index in [9.17, 15) is 14.3 Å². The number of aliphatic hydroxyl groups is 1. The zero-order valence-corrected chi connectivity index (χ0v) is 13.2. The minimum Gasteiger partial charge on any atom is -0.391 e. The number of aromatic nitrogens is 2. The van der Waals surface area contributed by atoms with Gasteiger partial charge in [0.1, 0.15) is 11.5 Å². The predicted octanol–water partition coefficient (Wildman–Crippen LogP) is 2.54. The molecule has 2 rings (SSSR count). The minimum atomic E-state index is -0.582. The van der Waals surface area contributed by atoms with Gasteiger partial charge in [-0.3, -0.25) is 0 Å². The molecule has 0 saturated carbocycles. The van der Waals surface area contributed by atoms with Crippen LogP contribution in [0.2, 0.25) is 0 Å². The molecule has 1 aromatic carbocycles. The number of benzene rings is 1. The van der Waals surface area contributed by atoms with Gasteiger partial charge in [-0.15, -0.1) is 0 Å². The molecular formula is C16H21FN4O2. The van der Waals surface area contributed by atoms with Crippen LogP contribution in [0.15, 0.2) is 36.7 Å². The Morgan fingerprint density at radius 1 is 1.39 bits per heavy atom. The summed E-state index contributed by atoms with van der Waals surface area (Å²) in [4.78, 5) is 11.8. The molecule has 1 aromatic heterocycles. The fraction of sp³-hybridized carbons (Fsp3) is 0.375.